The fourth-order valence-corrected chi connectivity index (χ4v) is 3.64. The van der Waals surface area contributed by atoms with Crippen LogP contribution in [0, 0.1) is 5.92 Å². The van der Waals surface area contributed by atoms with Crippen molar-refractivity contribution in [1.29, 1.82) is 0 Å². The van der Waals surface area contributed by atoms with Gasteiger partial charge in [0, 0.05) is 23.5 Å². The Bertz CT molecular complexity index is 896. The number of nitrogens with zero attached hydrogens (tertiary/aromatic N) is 2. The number of aromatic nitrogens is 2. The molecule has 1 aliphatic heterocycles. The number of nitrogens with one attached hydrogen (secondary N) is 2. The van der Waals surface area contributed by atoms with Crippen LogP contribution in [0.1, 0.15) is 38.7 Å². The third-order valence-corrected chi connectivity index (χ3v) is 5.14. The highest BCUT2D eigenvalue weighted by Gasteiger charge is 2.31. The van der Waals surface area contributed by atoms with E-state index in [2.05, 4.69) is 32.3 Å². The Labute approximate surface area is 174 Å². The molecule has 3 rings (SSSR count). The zero-order valence-corrected chi connectivity index (χ0v) is 17.2. The molecule has 7 nitrogen and oxygen atoms in total. The molecule has 0 aromatic carbocycles. The highest BCUT2D eigenvalue weighted by molar-refractivity contribution is 5.84. The quantitative estimate of drug-likeness (QED) is 0.720. The molecule has 9 heteroatoms. The van der Waals surface area contributed by atoms with Crippen LogP contribution in [0.5, 0.6) is 5.88 Å². The topological polar surface area (TPSA) is 85.4 Å². The molecule has 3 heterocycles. The second kappa shape index (κ2) is 9.34. The third kappa shape index (κ3) is 5.41. The van der Waals surface area contributed by atoms with Gasteiger partial charge in [-0.3, -0.25) is 5.32 Å². The molecular formula is C21H26F2N4O3. The Morgan fingerprint density at radius 1 is 1.37 bits per heavy atom. The van der Waals surface area contributed by atoms with Crippen LogP contribution in [-0.4, -0.2) is 41.9 Å². The monoisotopic (exact) mass is 420 g/mol. The van der Waals surface area contributed by atoms with Crippen molar-refractivity contribution in [2.75, 3.05) is 25.6 Å². The van der Waals surface area contributed by atoms with E-state index >= 15 is 0 Å². The van der Waals surface area contributed by atoms with Crippen molar-refractivity contribution in [3.05, 3.63) is 36.2 Å². The molecule has 2 aromatic rings. The molecule has 0 bridgehead atoms. The zero-order valence-electron chi connectivity index (χ0n) is 17.2. The summed E-state index contributed by atoms with van der Waals surface area (Å²) in [6.45, 7) is 5.34. The first-order valence-electron chi connectivity index (χ1n) is 9.77. The van der Waals surface area contributed by atoms with E-state index in [-0.39, 0.29) is 29.4 Å². The molecule has 1 amide bonds. The van der Waals surface area contributed by atoms with Crippen LogP contribution in [0.15, 0.2) is 30.6 Å². The van der Waals surface area contributed by atoms with E-state index in [1.807, 2.05) is 6.92 Å². The predicted octanol–water partition coefficient (Wildman–Crippen LogP) is 4.42. The van der Waals surface area contributed by atoms with Gasteiger partial charge >= 0.3 is 6.09 Å². The molecule has 0 radical (unpaired) electrons. The van der Waals surface area contributed by atoms with Gasteiger partial charge in [0.2, 0.25) is 5.88 Å². The van der Waals surface area contributed by atoms with Crippen LogP contribution in [0.4, 0.5) is 19.4 Å². The van der Waals surface area contributed by atoms with Crippen molar-refractivity contribution in [2.45, 2.75) is 38.7 Å². The van der Waals surface area contributed by atoms with E-state index in [9.17, 15) is 13.6 Å². The van der Waals surface area contributed by atoms with Gasteiger partial charge in [-0.15, -0.1) is 0 Å². The maximum atomic E-state index is 13.7. The SMILES string of the molecule is COC(=O)Nc1cc(-c2cnc(OCC3(C)CC(C)CCN3)c(C(F)F)c2)ccn1. The number of anilines is 1. The highest BCUT2D eigenvalue weighted by Crippen LogP contribution is 2.33. The van der Waals surface area contributed by atoms with Crippen LogP contribution in [0.3, 0.4) is 0 Å². The Morgan fingerprint density at radius 3 is 2.87 bits per heavy atom. The molecule has 2 atom stereocenters. The largest absolute Gasteiger partial charge is 0.475 e. The van der Waals surface area contributed by atoms with Crippen LogP contribution in [0.25, 0.3) is 11.1 Å². The summed E-state index contributed by atoms with van der Waals surface area (Å²) in [6.07, 6.45) is 1.51. The number of hydrogen-bond donors (Lipinski definition) is 2. The standard InChI is InChI=1S/C21H26F2N4O3/c1-13-4-7-26-21(2,10-13)12-30-19-16(18(22)23)8-15(11-25-19)14-5-6-24-17(9-14)27-20(28)29-3/h5-6,8-9,11,13,18,26H,4,7,10,12H2,1-3H3,(H,24,27,28). The maximum Gasteiger partial charge on any atom is 0.412 e. The van der Waals surface area contributed by atoms with Gasteiger partial charge < -0.3 is 14.8 Å². The molecule has 2 unspecified atom stereocenters. The second-order valence-electron chi connectivity index (χ2n) is 7.84. The van der Waals surface area contributed by atoms with Crippen LogP contribution >= 0.6 is 0 Å². The summed E-state index contributed by atoms with van der Waals surface area (Å²) < 4.78 is 37.7. The number of rotatable bonds is 6. The minimum absolute atomic E-state index is 0.0723. The van der Waals surface area contributed by atoms with Crippen molar-refractivity contribution in [2.24, 2.45) is 5.92 Å². The summed E-state index contributed by atoms with van der Waals surface area (Å²) in [5, 5.41) is 5.86. The number of carbonyl (C=O) groups is 1. The molecule has 30 heavy (non-hydrogen) atoms. The van der Waals surface area contributed by atoms with Crippen molar-refractivity contribution < 1.29 is 23.0 Å². The molecule has 0 saturated carbocycles. The highest BCUT2D eigenvalue weighted by atomic mass is 19.3. The lowest BCUT2D eigenvalue weighted by atomic mass is 9.85. The van der Waals surface area contributed by atoms with Crippen molar-refractivity contribution in [3.8, 4) is 17.0 Å². The Morgan fingerprint density at radius 2 is 2.17 bits per heavy atom. The summed E-state index contributed by atoms with van der Waals surface area (Å²) in [7, 11) is 1.24. The average Bonchev–Trinajstić information content (AvgIpc) is 2.72. The third-order valence-electron chi connectivity index (χ3n) is 5.14. The number of alkyl halides is 2. The van der Waals surface area contributed by atoms with Crippen LogP contribution in [-0.2, 0) is 4.74 Å². The second-order valence-corrected chi connectivity index (χ2v) is 7.84. The molecular weight excluding hydrogens is 394 g/mol. The first-order chi connectivity index (χ1) is 14.3. The molecule has 162 valence electrons. The van der Waals surface area contributed by atoms with E-state index in [1.165, 1.54) is 25.6 Å². The van der Waals surface area contributed by atoms with E-state index in [0.717, 1.165) is 19.4 Å². The lowest BCUT2D eigenvalue weighted by Crippen LogP contribution is -2.52. The minimum atomic E-state index is -2.74. The molecule has 0 aliphatic carbocycles. The van der Waals surface area contributed by atoms with Gasteiger partial charge in [-0.2, -0.15) is 0 Å². The predicted molar refractivity (Wildman–Crippen MR) is 109 cm³/mol. The number of halogens is 2. The van der Waals surface area contributed by atoms with Gasteiger partial charge in [0.1, 0.15) is 12.4 Å². The van der Waals surface area contributed by atoms with Crippen molar-refractivity contribution in [1.82, 2.24) is 15.3 Å². The number of amides is 1. The summed E-state index contributed by atoms with van der Waals surface area (Å²) in [5.41, 5.74) is 0.478. The zero-order chi connectivity index (χ0) is 21.7. The Hall–Kier alpha value is -2.81. The molecule has 0 spiro atoms. The fourth-order valence-electron chi connectivity index (χ4n) is 3.64. The fraction of sp³-hybridized carbons (Fsp3) is 0.476. The lowest BCUT2D eigenvalue weighted by Gasteiger charge is -2.37. The van der Waals surface area contributed by atoms with Gasteiger partial charge in [0.15, 0.2) is 0 Å². The van der Waals surface area contributed by atoms with Gasteiger partial charge in [-0.1, -0.05) is 6.92 Å². The van der Waals surface area contributed by atoms with Gasteiger partial charge in [0.25, 0.3) is 6.43 Å². The summed E-state index contributed by atoms with van der Waals surface area (Å²) in [4.78, 5) is 19.5. The molecule has 1 saturated heterocycles. The van der Waals surface area contributed by atoms with Gasteiger partial charge in [0.05, 0.1) is 12.7 Å². The number of ether oxygens (including phenoxy) is 2. The van der Waals surface area contributed by atoms with E-state index in [4.69, 9.17) is 4.74 Å². The number of hydrogen-bond acceptors (Lipinski definition) is 6. The average molecular weight is 420 g/mol. The smallest absolute Gasteiger partial charge is 0.412 e. The normalized spacial score (nSPS) is 21.3. The van der Waals surface area contributed by atoms with Crippen molar-refractivity contribution in [3.63, 3.8) is 0 Å². The summed E-state index contributed by atoms with van der Waals surface area (Å²) in [5.74, 6) is 0.713. The Balaban J connectivity index is 1.80. The van der Waals surface area contributed by atoms with E-state index in [0.29, 0.717) is 17.0 Å². The number of methoxy groups -OCH3 is 1. The number of carbonyl (C=O) groups excluding carboxylic acids is 1. The summed E-state index contributed by atoms with van der Waals surface area (Å²) in [6, 6.07) is 4.55. The first kappa shape index (κ1) is 21.9. The van der Waals surface area contributed by atoms with Gasteiger partial charge in [-0.05, 0) is 56.0 Å². The molecule has 2 aromatic heterocycles. The Kier molecular flexibility index (Phi) is 6.81. The molecule has 2 N–H and O–H groups in total. The number of pyridine rings is 2. The van der Waals surface area contributed by atoms with Crippen LogP contribution in [0.2, 0.25) is 0 Å². The first-order valence-corrected chi connectivity index (χ1v) is 9.77. The van der Waals surface area contributed by atoms with E-state index in [1.54, 1.807) is 12.1 Å². The van der Waals surface area contributed by atoms with Crippen molar-refractivity contribution >= 4 is 11.9 Å². The molecule has 1 aliphatic rings. The maximum absolute atomic E-state index is 13.7. The minimum Gasteiger partial charge on any atom is -0.475 e. The van der Waals surface area contributed by atoms with Crippen LogP contribution < -0.4 is 15.4 Å². The van der Waals surface area contributed by atoms with E-state index < -0.39 is 12.5 Å². The summed E-state index contributed by atoms with van der Waals surface area (Å²) >= 11 is 0. The van der Waals surface area contributed by atoms with Gasteiger partial charge in [-0.25, -0.2) is 23.5 Å². The lowest BCUT2D eigenvalue weighted by molar-refractivity contribution is 0.119. The molecule has 1 fully saturated rings. The number of piperidine rings is 1.